The summed E-state index contributed by atoms with van der Waals surface area (Å²) < 4.78 is 7.14. The lowest BCUT2D eigenvalue weighted by Gasteiger charge is -2.26. The Balaban J connectivity index is 1.28. The number of hydrogen-bond acceptors (Lipinski definition) is 7. The van der Waals surface area contributed by atoms with Gasteiger partial charge in [-0.05, 0) is 32.9 Å². The van der Waals surface area contributed by atoms with Crippen LogP contribution in [0.15, 0.2) is 29.3 Å². The second kappa shape index (κ2) is 7.56. The van der Waals surface area contributed by atoms with Crippen LogP contribution in [0.1, 0.15) is 20.8 Å². The summed E-state index contributed by atoms with van der Waals surface area (Å²) in [5.74, 6) is 1.31. The zero-order valence-corrected chi connectivity index (χ0v) is 20.2. The average Bonchev–Trinajstić information content (AvgIpc) is 3.54. The third-order valence-corrected chi connectivity index (χ3v) is 6.87. The highest BCUT2D eigenvalue weighted by Gasteiger charge is 2.43. The molecule has 0 saturated carbocycles. The van der Waals surface area contributed by atoms with Gasteiger partial charge < -0.3 is 24.5 Å². The number of nitrogens with one attached hydrogen (secondary N) is 2. The van der Waals surface area contributed by atoms with Crippen LogP contribution in [0.4, 0.5) is 10.7 Å². The molecule has 11 heteroatoms. The van der Waals surface area contributed by atoms with Crippen molar-refractivity contribution >= 4 is 34.2 Å². The van der Waals surface area contributed by atoms with Crippen molar-refractivity contribution in [2.45, 2.75) is 26.4 Å². The van der Waals surface area contributed by atoms with Crippen molar-refractivity contribution in [3.8, 4) is 11.3 Å². The Labute approximate surface area is 201 Å². The van der Waals surface area contributed by atoms with Gasteiger partial charge in [0.2, 0.25) is 5.95 Å². The first-order valence-corrected chi connectivity index (χ1v) is 11.8. The van der Waals surface area contributed by atoms with Crippen molar-refractivity contribution in [2.24, 2.45) is 18.9 Å². The first kappa shape index (κ1) is 21.6. The Morgan fingerprint density at radius 3 is 2.57 bits per heavy atom. The minimum atomic E-state index is -0.500. The van der Waals surface area contributed by atoms with E-state index in [-0.39, 0.29) is 11.8 Å². The number of aromatic amines is 2. The quantitative estimate of drug-likeness (QED) is 0.455. The zero-order valence-electron chi connectivity index (χ0n) is 20.2. The molecule has 2 N–H and O–H groups in total. The van der Waals surface area contributed by atoms with E-state index in [4.69, 9.17) is 14.7 Å². The van der Waals surface area contributed by atoms with Gasteiger partial charge in [0.25, 0.3) is 0 Å². The molecule has 35 heavy (non-hydrogen) atoms. The van der Waals surface area contributed by atoms with Gasteiger partial charge in [0, 0.05) is 50.6 Å². The van der Waals surface area contributed by atoms with Crippen LogP contribution in [-0.4, -0.2) is 72.3 Å². The molecule has 0 spiro atoms. The van der Waals surface area contributed by atoms with E-state index in [9.17, 15) is 9.59 Å². The van der Waals surface area contributed by atoms with Crippen molar-refractivity contribution in [1.29, 1.82) is 0 Å². The second-order valence-electron chi connectivity index (χ2n) is 10.5. The molecule has 3 aromatic heterocycles. The van der Waals surface area contributed by atoms with Gasteiger partial charge >= 0.3 is 11.8 Å². The molecule has 2 atom stereocenters. The number of fused-ring (bicyclic) bond motifs is 3. The number of benzene rings is 1. The number of aromatic nitrogens is 6. The highest BCUT2D eigenvalue weighted by Crippen LogP contribution is 2.35. The predicted octanol–water partition coefficient (Wildman–Crippen LogP) is 2.50. The van der Waals surface area contributed by atoms with E-state index >= 15 is 0 Å². The van der Waals surface area contributed by atoms with Crippen molar-refractivity contribution in [3.63, 3.8) is 0 Å². The van der Waals surface area contributed by atoms with Crippen LogP contribution < -0.4 is 10.6 Å². The zero-order chi connectivity index (χ0) is 24.5. The average molecular weight is 477 g/mol. The van der Waals surface area contributed by atoms with E-state index in [1.54, 1.807) is 17.9 Å². The molecule has 2 aliphatic heterocycles. The monoisotopic (exact) mass is 476 g/mol. The number of aryl methyl sites for hydroxylation is 1. The summed E-state index contributed by atoms with van der Waals surface area (Å²) in [7, 11) is 1.74. The first-order chi connectivity index (χ1) is 16.7. The molecule has 5 heterocycles. The van der Waals surface area contributed by atoms with Crippen LogP contribution in [0.3, 0.4) is 0 Å². The Morgan fingerprint density at radius 2 is 1.86 bits per heavy atom. The van der Waals surface area contributed by atoms with E-state index in [1.165, 1.54) is 0 Å². The van der Waals surface area contributed by atoms with Crippen LogP contribution in [0.25, 0.3) is 33.5 Å². The minimum Gasteiger partial charge on any atom is -0.444 e. The minimum absolute atomic E-state index is 0.156. The number of rotatable bonds is 2. The third kappa shape index (κ3) is 3.71. The maximum Gasteiger partial charge on any atom is 0.410 e. The summed E-state index contributed by atoms with van der Waals surface area (Å²) in [4.78, 5) is 48.6. The lowest BCUT2D eigenvalue weighted by Crippen LogP contribution is -2.37. The van der Waals surface area contributed by atoms with Gasteiger partial charge in [0.1, 0.15) is 16.8 Å². The lowest BCUT2D eigenvalue weighted by atomic mass is 10.0. The second-order valence-corrected chi connectivity index (χ2v) is 10.5. The number of carbonyl (C=O) groups excluding carboxylic acids is 1. The van der Waals surface area contributed by atoms with Gasteiger partial charge in [-0.1, -0.05) is 6.07 Å². The van der Waals surface area contributed by atoms with E-state index in [0.29, 0.717) is 36.5 Å². The number of anilines is 1. The molecule has 0 radical (unpaired) electrons. The standard InChI is InChI=1S/C24H28N8O3/c1-24(2,3)35-23(34)32-10-14-8-31(9-15(14)11-32)21-28-18(19-20(29-21)26-12-25-19)13-5-6-17-16(7-13)27-22(33)30(17)4/h5-7,12,14-15H,8-11H2,1-4H3,(H,27,33)(H,25,26,28,29). The number of hydrogen-bond donors (Lipinski definition) is 2. The molecule has 1 amide bonds. The molecular weight excluding hydrogens is 448 g/mol. The van der Waals surface area contributed by atoms with Crippen molar-refractivity contribution in [3.05, 3.63) is 35.0 Å². The number of ether oxygens (including phenoxy) is 1. The summed E-state index contributed by atoms with van der Waals surface area (Å²) in [6.45, 7) is 8.54. The number of carbonyl (C=O) groups is 1. The topological polar surface area (TPSA) is 125 Å². The maximum absolute atomic E-state index is 12.5. The number of nitrogens with zero attached hydrogens (tertiary/aromatic N) is 6. The van der Waals surface area contributed by atoms with E-state index in [2.05, 4.69) is 19.9 Å². The third-order valence-electron chi connectivity index (χ3n) is 6.87. The predicted molar refractivity (Wildman–Crippen MR) is 131 cm³/mol. The van der Waals surface area contributed by atoms with Crippen molar-refractivity contribution < 1.29 is 9.53 Å². The largest absolute Gasteiger partial charge is 0.444 e. The summed E-state index contributed by atoms with van der Waals surface area (Å²) in [6.07, 6.45) is 1.37. The number of H-pyrrole nitrogens is 2. The van der Waals surface area contributed by atoms with Crippen LogP contribution in [0.2, 0.25) is 0 Å². The fourth-order valence-electron chi connectivity index (χ4n) is 5.19. The van der Waals surface area contributed by atoms with Gasteiger partial charge in [0.05, 0.1) is 17.4 Å². The van der Waals surface area contributed by atoms with Crippen molar-refractivity contribution in [2.75, 3.05) is 31.1 Å². The van der Waals surface area contributed by atoms with Crippen LogP contribution in [-0.2, 0) is 11.8 Å². The molecule has 2 saturated heterocycles. The fraction of sp³-hybridized carbons (Fsp3) is 0.458. The summed E-state index contributed by atoms with van der Waals surface area (Å²) in [5, 5.41) is 0. The van der Waals surface area contributed by atoms with Gasteiger partial charge in [-0.25, -0.2) is 19.6 Å². The van der Waals surface area contributed by atoms with Crippen LogP contribution in [0.5, 0.6) is 0 Å². The number of likely N-dealkylation sites (tertiary alicyclic amines) is 1. The summed E-state index contributed by atoms with van der Waals surface area (Å²) in [5.41, 5.74) is 3.88. The summed E-state index contributed by atoms with van der Waals surface area (Å²) >= 11 is 0. The first-order valence-electron chi connectivity index (χ1n) is 11.8. The van der Waals surface area contributed by atoms with Gasteiger partial charge in [-0.15, -0.1) is 0 Å². The Morgan fingerprint density at radius 1 is 1.11 bits per heavy atom. The number of amides is 1. The summed E-state index contributed by atoms with van der Waals surface area (Å²) in [6, 6.07) is 5.80. The highest BCUT2D eigenvalue weighted by atomic mass is 16.6. The maximum atomic E-state index is 12.5. The number of imidazole rings is 2. The Bertz CT molecular complexity index is 1500. The molecule has 6 rings (SSSR count). The molecule has 4 aromatic rings. The van der Waals surface area contributed by atoms with Gasteiger partial charge in [0.15, 0.2) is 5.65 Å². The smallest absolute Gasteiger partial charge is 0.410 e. The molecule has 1 aromatic carbocycles. The molecular formula is C24H28N8O3. The Hall–Kier alpha value is -3.89. The molecule has 11 nitrogen and oxygen atoms in total. The molecule has 2 fully saturated rings. The molecule has 182 valence electrons. The van der Waals surface area contributed by atoms with Gasteiger partial charge in [-0.2, -0.15) is 4.98 Å². The SMILES string of the molecule is Cn1c(=O)[nH]c2cc(-c3nc(N4CC5CN(C(=O)OC(C)(C)C)CC5C4)nc4nc[nH]c34)ccc21. The molecule has 2 unspecified atom stereocenters. The fourth-order valence-corrected chi connectivity index (χ4v) is 5.19. The van der Waals surface area contributed by atoms with E-state index in [1.807, 2.05) is 43.9 Å². The van der Waals surface area contributed by atoms with Crippen LogP contribution in [0, 0.1) is 11.8 Å². The van der Waals surface area contributed by atoms with Crippen molar-refractivity contribution in [1.82, 2.24) is 34.4 Å². The Kier molecular flexibility index (Phi) is 4.67. The van der Waals surface area contributed by atoms with Crippen LogP contribution >= 0.6 is 0 Å². The molecule has 0 aliphatic carbocycles. The molecule has 2 aliphatic rings. The highest BCUT2D eigenvalue weighted by molar-refractivity contribution is 5.91. The lowest BCUT2D eigenvalue weighted by molar-refractivity contribution is 0.0282. The van der Waals surface area contributed by atoms with E-state index < -0.39 is 5.60 Å². The van der Waals surface area contributed by atoms with E-state index in [0.717, 1.165) is 40.9 Å². The normalized spacial score (nSPS) is 20.2. The van der Waals surface area contributed by atoms with Gasteiger partial charge in [-0.3, -0.25) is 4.57 Å². The molecule has 0 bridgehead atoms.